The summed E-state index contributed by atoms with van der Waals surface area (Å²) in [5.74, 6) is -0.263. The van der Waals surface area contributed by atoms with Gasteiger partial charge in [-0.25, -0.2) is 4.39 Å². The Morgan fingerprint density at radius 1 is 1.19 bits per heavy atom. The summed E-state index contributed by atoms with van der Waals surface area (Å²) in [5, 5.41) is 3.29. The summed E-state index contributed by atoms with van der Waals surface area (Å²) in [6.45, 7) is 4.56. The maximum Gasteiger partial charge on any atom is 0.255 e. The molecule has 1 fully saturated rings. The lowest BCUT2D eigenvalue weighted by Crippen LogP contribution is -2.52. The minimum atomic E-state index is -0.839. The van der Waals surface area contributed by atoms with E-state index < -0.39 is 5.60 Å². The lowest BCUT2D eigenvalue weighted by molar-refractivity contribution is -0.158. The molecule has 5 heteroatoms. The number of fused-ring (bicyclic) bond motifs is 1. The average Bonchev–Trinajstić information content (AvgIpc) is 2.93. The predicted molar refractivity (Wildman–Crippen MR) is 102 cm³/mol. The number of carbonyl (C=O) groups excluding carboxylic acids is 1. The first-order chi connectivity index (χ1) is 13.1. The van der Waals surface area contributed by atoms with Crippen LogP contribution in [0.4, 0.5) is 4.39 Å². The van der Waals surface area contributed by atoms with Crippen molar-refractivity contribution in [2.24, 2.45) is 0 Å². The number of benzene rings is 2. The molecule has 142 valence electrons. The first-order valence-electron chi connectivity index (χ1n) is 9.57. The molecule has 4 nitrogen and oxygen atoms in total. The number of halogens is 1. The summed E-state index contributed by atoms with van der Waals surface area (Å²) in [7, 11) is 0. The van der Waals surface area contributed by atoms with E-state index in [1.807, 2.05) is 24.0 Å². The van der Waals surface area contributed by atoms with E-state index in [0.717, 1.165) is 30.6 Å². The van der Waals surface area contributed by atoms with Crippen LogP contribution in [0, 0.1) is 5.82 Å². The van der Waals surface area contributed by atoms with Crippen LogP contribution in [0.3, 0.4) is 0 Å². The van der Waals surface area contributed by atoms with Crippen LogP contribution in [0.1, 0.15) is 36.1 Å². The van der Waals surface area contributed by atoms with E-state index in [4.69, 9.17) is 4.74 Å². The minimum Gasteiger partial charge on any atom is -0.364 e. The van der Waals surface area contributed by atoms with Crippen molar-refractivity contribution in [3.8, 4) is 0 Å². The van der Waals surface area contributed by atoms with E-state index in [0.29, 0.717) is 19.6 Å². The average molecular weight is 368 g/mol. The van der Waals surface area contributed by atoms with E-state index in [1.165, 1.54) is 17.7 Å². The van der Waals surface area contributed by atoms with Gasteiger partial charge in [0.2, 0.25) is 0 Å². The summed E-state index contributed by atoms with van der Waals surface area (Å²) in [6, 6.07) is 14.5. The Hall–Kier alpha value is -2.24. The molecule has 0 radical (unpaired) electrons. The van der Waals surface area contributed by atoms with Gasteiger partial charge < -0.3 is 15.0 Å². The van der Waals surface area contributed by atoms with Crippen molar-refractivity contribution in [2.75, 3.05) is 26.2 Å². The molecule has 2 aliphatic rings. The Balaban J connectivity index is 1.74. The highest BCUT2D eigenvalue weighted by atomic mass is 19.1. The van der Waals surface area contributed by atoms with Crippen LogP contribution >= 0.6 is 0 Å². The van der Waals surface area contributed by atoms with Gasteiger partial charge in [-0.05, 0) is 55.1 Å². The van der Waals surface area contributed by atoms with Crippen LogP contribution in [0.5, 0.6) is 0 Å². The van der Waals surface area contributed by atoms with Crippen LogP contribution in [-0.2, 0) is 16.0 Å². The summed E-state index contributed by atoms with van der Waals surface area (Å²) in [6.07, 6.45) is 1.45. The third-order valence-electron chi connectivity index (χ3n) is 5.66. The van der Waals surface area contributed by atoms with Crippen LogP contribution in [0.15, 0.2) is 48.5 Å². The molecule has 4 rings (SSSR count). The fourth-order valence-corrected chi connectivity index (χ4v) is 4.13. The highest BCUT2D eigenvalue weighted by Crippen LogP contribution is 2.37. The largest absolute Gasteiger partial charge is 0.364 e. The molecule has 0 aliphatic carbocycles. The molecule has 2 aromatic rings. The normalized spacial score (nSPS) is 25.6. The first kappa shape index (κ1) is 18.1. The highest BCUT2D eigenvalue weighted by molar-refractivity contribution is 5.86. The SMILES string of the molecule is C[C@@]1(C(=O)N2CCc3ccccc3[C@@H]2c2ccc(F)cc2)CCNCCO1. The van der Waals surface area contributed by atoms with Gasteiger partial charge in [0.1, 0.15) is 11.4 Å². The van der Waals surface area contributed by atoms with Crippen molar-refractivity contribution in [3.63, 3.8) is 0 Å². The van der Waals surface area contributed by atoms with E-state index in [1.54, 1.807) is 12.1 Å². The summed E-state index contributed by atoms with van der Waals surface area (Å²) in [5.41, 5.74) is 2.43. The zero-order valence-corrected chi connectivity index (χ0v) is 15.6. The van der Waals surface area contributed by atoms with Crippen molar-refractivity contribution in [2.45, 2.75) is 31.4 Å². The Labute approximate surface area is 159 Å². The van der Waals surface area contributed by atoms with Gasteiger partial charge in [0, 0.05) is 13.1 Å². The van der Waals surface area contributed by atoms with Gasteiger partial charge in [0.05, 0.1) is 12.6 Å². The highest BCUT2D eigenvalue weighted by Gasteiger charge is 2.42. The fourth-order valence-electron chi connectivity index (χ4n) is 4.13. The molecule has 0 unspecified atom stereocenters. The number of ether oxygens (including phenoxy) is 1. The molecule has 0 spiro atoms. The molecule has 0 bridgehead atoms. The third kappa shape index (κ3) is 3.49. The number of nitrogens with one attached hydrogen (secondary N) is 1. The van der Waals surface area contributed by atoms with E-state index in [-0.39, 0.29) is 17.8 Å². The number of nitrogens with zero attached hydrogens (tertiary/aromatic N) is 1. The second kappa shape index (κ2) is 7.41. The molecule has 2 atom stereocenters. The van der Waals surface area contributed by atoms with Gasteiger partial charge in [-0.15, -0.1) is 0 Å². The Bertz CT molecular complexity index is 813. The molecule has 2 aliphatic heterocycles. The van der Waals surface area contributed by atoms with Crippen LogP contribution in [-0.4, -0.2) is 42.6 Å². The monoisotopic (exact) mass is 368 g/mol. The van der Waals surface area contributed by atoms with E-state index in [9.17, 15) is 9.18 Å². The molecular formula is C22H25FN2O2. The zero-order valence-electron chi connectivity index (χ0n) is 15.6. The molecule has 0 saturated carbocycles. The van der Waals surface area contributed by atoms with Crippen LogP contribution < -0.4 is 5.32 Å². The third-order valence-corrected chi connectivity index (χ3v) is 5.66. The number of amides is 1. The van der Waals surface area contributed by atoms with Gasteiger partial charge in [-0.1, -0.05) is 36.4 Å². The maximum absolute atomic E-state index is 13.6. The molecule has 1 saturated heterocycles. The smallest absolute Gasteiger partial charge is 0.255 e. The Morgan fingerprint density at radius 3 is 2.78 bits per heavy atom. The minimum absolute atomic E-state index is 0.00929. The predicted octanol–water partition coefficient (Wildman–Crippen LogP) is 3.07. The van der Waals surface area contributed by atoms with Crippen molar-refractivity contribution in [3.05, 3.63) is 71.0 Å². The standard InChI is InChI=1S/C22H25FN2O2/c1-22(11-12-24-13-15-27-22)21(26)25-14-10-16-4-2-3-5-19(16)20(25)17-6-8-18(23)9-7-17/h2-9,20,24H,10-15H2,1H3/t20-,22-/m0/s1. The van der Waals surface area contributed by atoms with Gasteiger partial charge in [0.25, 0.3) is 5.91 Å². The number of rotatable bonds is 2. The maximum atomic E-state index is 13.6. The number of carbonyl (C=O) groups is 1. The molecule has 1 N–H and O–H groups in total. The molecular weight excluding hydrogens is 343 g/mol. The van der Waals surface area contributed by atoms with Gasteiger partial charge >= 0.3 is 0 Å². The summed E-state index contributed by atoms with van der Waals surface area (Å²) < 4.78 is 19.5. The van der Waals surface area contributed by atoms with E-state index >= 15 is 0 Å². The molecule has 0 aromatic heterocycles. The second-order valence-corrected chi connectivity index (χ2v) is 7.48. The molecule has 2 aromatic carbocycles. The van der Waals surface area contributed by atoms with Crippen molar-refractivity contribution >= 4 is 5.91 Å². The van der Waals surface area contributed by atoms with Gasteiger partial charge in [0.15, 0.2) is 0 Å². The molecule has 1 amide bonds. The lowest BCUT2D eigenvalue weighted by atomic mass is 9.86. The zero-order chi connectivity index (χ0) is 18.9. The van der Waals surface area contributed by atoms with Gasteiger partial charge in [-0.3, -0.25) is 4.79 Å². The van der Waals surface area contributed by atoms with Crippen LogP contribution in [0.25, 0.3) is 0 Å². The summed E-state index contributed by atoms with van der Waals surface area (Å²) >= 11 is 0. The van der Waals surface area contributed by atoms with Crippen LogP contribution in [0.2, 0.25) is 0 Å². The van der Waals surface area contributed by atoms with Crippen molar-refractivity contribution in [1.29, 1.82) is 0 Å². The lowest BCUT2D eigenvalue weighted by Gasteiger charge is -2.42. The first-order valence-corrected chi connectivity index (χ1v) is 9.57. The molecule has 27 heavy (non-hydrogen) atoms. The molecule has 2 heterocycles. The van der Waals surface area contributed by atoms with Crippen molar-refractivity contribution < 1.29 is 13.9 Å². The fraction of sp³-hybridized carbons (Fsp3) is 0.409. The summed E-state index contributed by atoms with van der Waals surface area (Å²) in [4.78, 5) is 15.5. The quantitative estimate of drug-likeness (QED) is 0.886. The number of hydrogen-bond donors (Lipinski definition) is 1. The van der Waals surface area contributed by atoms with E-state index in [2.05, 4.69) is 17.4 Å². The topological polar surface area (TPSA) is 41.6 Å². The second-order valence-electron chi connectivity index (χ2n) is 7.48. The Morgan fingerprint density at radius 2 is 1.96 bits per heavy atom. The number of hydrogen-bond acceptors (Lipinski definition) is 3. The van der Waals surface area contributed by atoms with Gasteiger partial charge in [-0.2, -0.15) is 0 Å². The Kier molecular flexibility index (Phi) is 4.98. The van der Waals surface area contributed by atoms with Crippen molar-refractivity contribution in [1.82, 2.24) is 10.2 Å².